The number of phenols is 1. The number of phenolic OH excluding ortho intramolecular Hbond substituents is 1. The van der Waals surface area contributed by atoms with E-state index in [0.29, 0.717) is 5.56 Å². The molecule has 0 unspecified atom stereocenters. The summed E-state index contributed by atoms with van der Waals surface area (Å²) in [5.74, 6) is 0.939. The van der Waals surface area contributed by atoms with Gasteiger partial charge in [0.25, 0.3) is 0 Å². The van der Waals surface area contributed by atoms with Gasteiger partial charge in [-0.25, -0.2) is 0 Å². The lowest BCUT2D eigenvalue weighted by atomic mass is 10.2. The second-order valence-corrected chi connectivity index (χ2v) is 3.99. The Morgan fingerprint density at radius 1 is 1.17 bits per heavy atom. The van der Waals surface area contributed by atoms with Gasteiger partial charge in [-0.2, -0.15) is 0 Å². The zero-order valence-corrected chi connectivity index (χ0v) is 10.4. The molecule has 2 aromatic rings. The number of rotatable bonds is 3. The van der Waals surface area contributed by atoms with E-state index in [1.54, 1.807) is 31.5 Å². The van der Waals surface area contributed by atoms with E-state index in [1.165, 1.54) is 0 Å². The van der Waals surface area contributed by atoms with E-state index in [2.05, 4.69) is 4.99 Å². The lowest BCUT2D eigenvalue weighted by molar-refractivity contribution is 0.416. The van der Waals surface area contributed by atoms with Crippen molar-refractivity contribution in [2.24, 2.45) is 4.99 Å². The van der Waals surface area contributed by atoms with Crippen molar-refractivity contribution in [1.29, 1.82) is 0 Å². The first kappa shape index (κ1) is 12.2. The van der Waals surface area contributed by atoms with Crippen molar-refractivity contribution in [3.05, 3.63) is 53.6 Å². The van der Waals surface area contributed by atoms with Crippen molar-refractivity contribution in [2.75, 3.05) is 7.11 Å². The molecule has 3 nitrogen and oxygen atoms in total. The molecule has 0 spiro atoms. The van der Waals surface area contributed by atoms with E-state index >= 15 is 0 Å². The number of para-hydroxylation sites is 1. The molecule has 1 N–H and O–H groups in total. The Balaban J connectivity index is 2.32. The molecule has 0 aromatic heterocycles. The van der Waals surface area contributed by atoms with Crippen LogP contribution < -0.4 is 4.74 Å². The summed E-state index contributed by atoms with van der Waals surface area (Å²) in [6, 6.07) is 12.9. The third-order valence-corrected chi connectivity index (χ3v) is 2.61. The fraction of sp³-hybridized carbons (Fsp3) is 0.133. The third kappa shape index (κ3) is 2.69. The van der Waals surface area contributed by atoms with Gasteiger partial charge < -0.3 is 9.84 Å². The minimum Gasteiger partial charge on any atom is -0.507 e. The topological polar surface area (TPSA) is 41.8 Å². The third-order valence-electron chi connectivity index (χ3n) is 2.61. The van der Waals surface area contributed by atoms with E-state index < -0.39 is 0 Å². The number of hydrogen-bond donors (Lipinski definition) is 1. The van der Waals surface area contributed by atoms with Crippen LogP contribution in [0.2, 0.25) is 0 Å². The molecule has 0 fully saturated rings. The van der Waals surface area contributed by atoms with E-state index in [0.717, 1.165) is 17.0 Å². The number of aromatic hydroxyl groups is 1. The normalized spacial score (nSPS) is 10.8. The van der Waals surface area contributed by atoms with Crippen molar-refractivity contribution in [3.63, 3.8) is 0 Å². The van der Waals surface area contributed by atoms with Gasteiger partial charge in [0.1, 0.15) is 17.2 Å². The quantitative estimate of drug-likeness (QED) is 0.836. The average Bonchev–Trinajstić information content (AvgIpc) is 2.39. The molecule has 0 saturated carbocycles. The zero-order chi connectivity index (χ0) is 13.0. The van der Waals surface area contributed by atoms with Gasteiger partial charge in [0, 0.05) is 11.8 Å². The second-order valence-electron chi connectivity index (χ2n) is 3.99. The molecule has 2 aromatic carbocycles. The molecule has 0 bridgehead atoms. The highest BCUT2D eigenvalue weighted by Gasteiger charge is 2.01. The molecule has 0 aliphatic rings. The van der Waals surface area contributed by atoms with Gasteiger partial charge in [0.2, 0.25) is 0 Å². The zero-order valence-electron chi connectivity index (χ0n) is 10.4. The molecule has 2 rings (SSSR count). The highest BCUT2D eigenvalue weighted by Crippen LogP contribution is 2.28. The van der Waals surface area contributed by atoms with Crippen molar-refractivity contribution in [3.8, 4) is 11.5 Å². The molecular formula is C15H15NO2. The largest absolute Gasteiger partial charge is 0.507 e. The maximum Gasteiger partial charge on any atom is 0.144 e. The summed E-state index contributed by atoms with van der Waals surface area (Å²) in [5, 5.41) is 9.64. The van der Waals surface area contributed by atoms with E-state index in [-0.39, 0.29) is 5.75 Å². The Labute approximate surface area is 106 Å². The number of aryl methyl sites for hydroxylation is 1. The van der Waals surface area contributed by atoms with E-state index in [4.69, 9.17) is 4.74 Å². The Hall–Kier alpha value is -2.29. The van der Waals surface area contributed by atoms with Crippen molar-refractivity contribution in [1.82, 2.24) is 0 Å². The van der Waals surface area contributed by atoms with E-state index in [1.807, 2.05) is 31.2 Å². The summed E-state index contributed by atoms with van der Waals surface area (Å²) in [4.78, 5) is 4.34. The van der Waals surface area contributed by atoms with Crippen LogP contribution in [0, 0.1) is 6.92 Å². The fourth-order valence-corrected chi connectivity index (χ4v) is 1.63. The number of nitrogens with zero attached hydrogens (tertiary/aromatic N) is 1. The molecule has 92 valence electrons. The Morgan fingerprint density at radius 2 is 1.94 bits per heavy atom. The summed E-state index contributed by atoms with van der Waals surface area (Å²) in [5.41, 5.74) is 2.54. The molecule has 0 amide bonds. The molecule has 3 heteroatoms. The van der Waals surface area contributed by atoms with Crippen LogP contribution in [0.25, 0.3) is 0 Å². The first-order chi connectivity index (χ1) is 8.70. The Kier molecular flexibility index (Phi) is 3.63. The highest BCUT2D eigenvalue weighted by atomic mass is 16.5. The van der Waals surface area contributed by atoms with Crippen LogP contribution in [0.5, 0.6) is 11.5 Å². The maximum absolute atomic E-state index is 9.64. The average molecular weight is 241 g/mol. The van der Waals surface area contributed by atoms with Gasteiger partial charge in [0.15, 0.2) is 0 Å². The fourth-order valence-electron chi connectivity index (χ4n) is 1.63. The minimum atomic E-state index is 0.215. The predicted octanol–water partition coefficient (Wildman–Crippen LogP) is 3.46. The second kappa shape index (κ2) is 5.36. The maximum atomic E-state index is 9.64. The number of benzene rings is 2. The smallest absolute Gasteiger partial charge is 0.144 e. The van der Waals surface area contributed by atoms with Gasteiger partial charge in [-0.1, -0.05) is 18.2 Å². The first-order valence-corrected chi connectivity index (χ1v) is 5.67. The molecule has 18 heavy (non-hydrogen) atoms. The highest BCUT2D eigenvalue weighted by molar-refractivity contribution is 5.85. The standard InChI is InChI=1S/C15H15NO2/c1-11-7-8-13(15(9-11)18-2)16-10-12-5-3-4-6-14(12)17/h3-10,17H,1-2H3. The minimum absolute atomic E-state index is 0.215. The van der Waals surface area contributed by atoms with Gasteiger partial charge in [-0.15, -0.1) is 0 Å². The van der Waals surface area contributed by atoms with Gasteiger partial charge in [-0.3, -0.25) is 4.99 Å². The molecule has 0 heterocycles. The number of methoxy groups -OCH3 is 1. The Morgan fingerprint density at radius 3 is 2.67 bits per heavy atom. The summed E-state index contributed by atoms with van der Waals surface area (Å²) >= 11 is 0. The summed E-state index contributed by atoms with van der Waals surface area (Å²) in [7, 11) is 1.62. The van der Waals surface area contributed by atoms with Crippen LogP contribution in [-0.4, -0.2) is 18.4 Å². The van der Waals surface area contributed by atoms with Gasteiger partial charge in [-0.05, 0) is 36.8 Å². The number of ether oxygens (including phenoxy) is 1. The van der Waals surface area contributed by atoms with Crippen molar-refractivity contribution < 1.29 is 9.84 Å². The van der Waals surface area contributed by atoms with Crippen molar-refractivity contribution >= 4 is 11.9 Å². The monoisotopic (exact) mass is 241 g/mol. The summed E-state index contributed by atoms with van der Waals surface area (Å²) in [6.07, 6.45) is 1.63. The van der Waals surface area contributed by atoms with Crippen LogP contribution in [0.15, 0.2) is 47.5 Å². The molecule has 0 aliphatic carbocycles. The van der Waals surface area contributed by atoms with Crippen LogP contribution in [-0.2, 0) is 0 Å². The van der Waals surface area contributed by atoms with Gasteiger partial charge >= 0.3 is 0 Å². The molecule has 0 saturated heterocycles. The number of aliphatic imine (C=N–C) groups is 1. The predicted molar refractivity (Wildman–Crippen MR) is 73.1 cm³/mol. The lowest BCUT2D eigenvalue weighted by Crippen LogP contribution is -1.86. The SMILES string of the molecule is COc1cc(C)ccc1N=Cc1ccccc1O. The molecular weight excluding hydrogens is 226 g/mol. The van der Waals surface area contributed by atoms with Crippen LogP contribution >= 0.6 is 0 Å². The summed E-state index contributed by atoms with van der Waals surface area (Å²) < 4.78 is 5.27. The molecule has 0 atom stereocenters. The summed E-state index contributed by atoms with van der Waals surface area (Å²) in [6.45, 7) is 2.00. The molecule has 0 radical (unpaired) electrons. The van der Waals surface area contributed by atoms with Crippen LogP contribution in [0.1, 0.15) is 11.1 Å². The first-order valence-electron chi connectivity index (χ1n) is 5.67. The Bertz CT molecular complexity index is 576. The van der Waals surface area contributed by atoms with E-state index in [9.17, 15) is 5.11 Å². The number of hydrogen-bond acceptors (Lipinski definition) is 3. The van der Waals surface area contributed by atoms with Crippen LogP contribution in [0.4, 0.5) is 5.69 Å². The molecule has 0 aliphatic heterocycles. The van der Waals surface area contributed by atoms with Crippen molar-refractivity contribution in [2.45, 2.75) is 6.92 Å². The lowest BCUT2D eigenvalue weighted by Gasteiger charge is -2.05. The van der Waals surface area contributed by atoms with Gasteiger partial charge in [0.05, 0.1) is 7.11 Å². The van der Waals surface area contributed by atoms with Crippen LogP contribution in [0.3, 0.4) is 0 Å².